The van der Waals surface area contributed by atoms with E-state index in [1.54, 1.807) is 37.4 Å². The van der Waals surface area contributed by atoms with Gasteiger partial charge in [-0.05, 0) is 60.3 Å². The second kappa shape index (κ2) is 6.51. The SMILES string of the molecule is COc1ccc(N2C(=O)/C(=C/c3ccc(O)c(Cl)c3)OC2=S)cc1. The number of carbonyl (C=O) groups is 1. The van der Waals surface area contributed by atoms with Gasteiger partial charge in [-0.15, -0.1) is 0 Å². The summed E-state index contributed by atoms with van der Waals surface area (Å²) in [5.74, 6) is 0.339. The zero-order chi connectivity index (χ0) is 17.3. The molecule has 1 saturated heterocycles. The lowest BCUT2D eigenvalue weighted by atomic mass is 10.2. The highest BCUT2D eigenvalue weighted by molar-refractivity contribution is 7.80. The van der Waals surface area contributed by atoms with Crippen molar-refractivity contribution in [3.8, 4) is 11.5 Å². The van der Waals surface area contributed by atoms with E-state index in [1.807, 2.05) is 0 Å². The lowest BCUT2D eigenvalue weighted by Gasteiger charge is -2.12. The van der Waals surface area contributed by atoms with Crippen LogP contribution in [0.4, 0.5) is 5.69 Å². The summed E-state index contributed by atoms with van der Waals surface area (Å²) in [7, 11) is 1.56. The highest BCUT2D eigenvalue weighted by Crippen LogP contribution is 2.29. The summed E-state index contributed by atoms with van der Waals surface area (Å²) in [6.45, 7) is 0. The monoisotopic (exact) mass is 361 g/mol. The summed E-state index contributed by atoms with van der Waals surface area (Å²) < 4.78 is 10.5. The number of anilines is 1. The van der Waals surface area contributed by atoms with Crippen LogP contribution < -0.4 is 9.64 Å². The molecule has 1 N–H and O–H groups in total. The quantitative estimate of drug-likeness (QED) is 0.666. The molecule has 2 aromatic rings. The van der Waals surface area contributed by atoms with Crippen LogP contribution in [0.25, 0.3) is 6.08 Å². The van der Waals surface area contributed by atoms with Gasteiger partial charge in [0.05, 0.1) is 17.8 Å². The topological polar surface area (TPSA) is 59.0 Å². The van der Waals surface area contributed by atoms with Gasteiger partial charge in [-0.3, -0.25) is 4.79 Å². The number of halogens is 1. The Bertz CT molecular complexity index is 848. The molecule has 0 radical (unpaired) electrons. The summed E-state index contributed by atoms with van der Waals surface area (Å²) in [4.78, 5) is 13.9. The van der Waals surface area contributed by atoms with E-state index < -0.39 is 0 Å². The molecule has 7 heteroatoms. The van der Waals surface area contributed by atoms with Crippen molar-refractivity contribution in [3.63, 3.8) is 0 Å². The molecular formula is C17H12ClNO4S. The molecule has 0 bridgehead atoms. The van der Waals surface area contributed by atoms with Crippen LogP contribution in [0.3, 0.4) is 0 Å². The van der Waals surface area contributed by atoms with Crippen molar-refractivity contribution in [3.05, 3.63) is 58.8 Å². The minimum absolute atomic E-state index is 0.0344. The molecule has 1 amide bonds. The standard InChI is InChI=1S/C17H12ClNO4S/c1-22-12-5-3-11(4-6-12)19-16(21)15(23-17(19)24)9-10-2-7-14(20)13(18)8-10/h2-9,20H,1H3/b15-9-. The summed E-state index contributed by atoms with van der Waals surface area (Å²) in [6, 6.07) is 11.5. The third-order valence-electron chi connectivity index (χ3n) is 3.39. The summed E-state index contributed by atoms with van der Waals surface area (Å²) >= 11 is 11.0. The number of ether oxygens (including phenoxy) is 2. The molecule has 0 spiro atoms. The highest BCUT2D eigenvalue weighted by atomic mass is 35.5. The van der Waals surface area contributed by atoms with Gasteiger partial charge >= 0.3 is 5.91 Å². The van der Waals surface area contributed by atoms with Crippen LogP contribution in [0.2, 0.25) is 5.02 Å². The summed E-state index contributed by atoms with van der Waals surface area (Å²) in [5, 5.41) is 9.67. The molecular weight excluding hydrogens is 350 g/mol. The smallest absolute Gasteiger partial charge is 0.301 e. The van der Waals surface area contributed by atoms with Gasteiger partial charge in [0, 0.05) is 0 Å². The fourth-order valence-corrected chi connectivity index (χ4v) is 2.65. The summed E-state index contributed by atoms with van der Waals surface area (Å²) in [6.07, 6.45) is 1.52. The maximum absolute atomic E-state index is 12.6. The molecule has 1 aliphatic rings. The lowest BCUT2D eigenvalue weighted by Crippen LogP contribution is -2.27. The first-order valence-corrected chi connectivity index (χ1v) is 7.69. The molecule has 0 aromatic heterocycles. The molecule has 3 rings (SSSR count). The average molecular weight is 362 g/mol. The highest BCUT2D eigenvalue weighted by Gasteiger charge is 2.34. The predicted molar refractivity (Wildman–Crippen MR) is 95.3 cm³/mol. The number of aromatic hydroxyl groups is 1. The van der Waals surface area contributed by atoms with E-state index in [2.05, 4.69) is 0 Å². The fourth-order valence-electron chi connectivity index (χ4n) is 2.19. The van der Waals surface area contributed by atoms with E-state index in [-0.39, 0.29) is 27.6 Å². The lowest BCUT2D eigenvalue weighted by molar-refractivity contribution is -0.114. The number of carbonyl (C=O) groups excluding carboxylic acids is 1. The number of hydrogen-bond acceptors (Lipinski definition) is 5. The number of nitrogens with zero attached hydrogens (tertiary/aromatic N) is 1. The first-order valence-electron chi connectivity index (χ1n) is 6.90. The molecule has 24 heavy (non-hydrogen) atoms. The van der Waals surface area contributed by atoms with E-state index in [0.717, 1.165) is 0 Å². The average Bonchev–Trinajstić information content (AvgIpc) is 2.85. The predicted octanol–water partition coefficient (Wildman–Crippen LogP) is 3.74. The van der Waals surface area contributed by atoms with Crippen LogP contribution in [0, 0.1) is 0 Å². The van der Waals surface area contributed by atoms with Crippen LogP contribution in [0.1, 0.15) is 5.56 Å². The minimum Gasteiger partial charge on any atom is -0.506 e. The van der Waals surface area contributed by atoms with Gasteiger partial charge in [-0.1, -0.05) is 17.7 Å². The molecule has 1 fully saturated rings. The number of rotatable bonds is 3. The molecule has 5 nitrogen and oxygen atoms in total. The number of hydrogen-bond donors (Lipinski definition) is 1. The Labute approximate surface area is 148 Å². The molecule has 0 atom stereocenters. The van der Waals surface area contributed by atoms with Crippen LogP contribution >= 0.6 is 23.8 Å². The van der Waals surface area contributed by atoms with E-state index in [9.17, 15) is 9.90 Å². The van der Waals surface area contributed by atoms with E-state index in [0.29, 0.717) is 17.0 Å². The van der Waals surface area contributed by atoms with Crippen LogP contribution in [-0.2, 0) is 9.53 Å². The molecule has 122 valence electrons. The van der Waals surface area contributed by atoms with Crippen LogP contribution in [-0.4, -0.2) is 23.3 Å². The third-order valence-corrected chi connectivity index (χ3v) is 3.96. The Kier molecular flexibility index (Phi) is 4.42. The van der Waals surface area contributed by atoms with Crippen molar-refractivity contribution in [2.75, 3.05) is 12.0 Å². The maximum atomic E-state index is 12.6. The number of phenols is 1. The van der Waals surface area contributed by atoms with Gasteiger partial charge in [0.2, 0.25) is 0 Å². The van der Waals surface area contributed by atoms with Crippen molar-refractivity contribution >= 4 is 46.7 Å². The van der Waals surface area contributed by atoms with E-state index in [1.165, 1.54) is 23.1 Å². The van der Waals surface area contributed by atoms with Gasteiger partial charge in [-0.2, -0.15) is 0 Å². The Balaban J connectivity index is 1.90. The van der Waals surface area contributed by atoms with E-state index in [4.69, 9.17) is 33.3 Å². The zero-order valence-corrected chi connectivity index (χ0v) is 14.1. The third kappa shape index (κ3) is 3.06. The van der Waals surface area contributed by atoms with Crippen LogP contribution in [0.15, 0.2) is 48.2 Å². The number of phenolic OH excluding ortho intramolecular Hbond substituents is 1. The fraction of sp³-hybridized carbons (Fsp3) is 0.0588. The number of thiocarbonyl (C=S) groups is 1. The second-order valence-corrected chi connectivity index (χ2v) is 5.68. The number of amides is 1. The first kappa shape index (κ1) is 16.3. The van der Waals surface area contributed by atoms with Crippen molar-refractivity contribution < 1.29 is 19.4 Å². The molecule has 1 aliphatic heterocycles. The normalized spacial score (nSPS) is 15.8. The second-order valence-electron chi connectivity index (χ2n) is 4.93. The number of methoxy groups -OCH3 is 1. The maximum Gasteiger partial charge on any atom is 0.301 e. The summed E-state index contributed by atoms with van der Waals surface area (Å²) in [5.41, 5.74) is 1.19. The van der Waals surface area contributed by atoms with E-state index >= 15 is 0 Å². The van der Waals surface area contributed by atoms with Crippen molar-refractivity contribution in [1.82, 2.24) is 0 Å². The van der Waals surface area contributed by atoms with Gasteiger partial charge in [0.15, 0.2) is 5.76 Å². The zero-order valence-electron chi connectivity index (χ0n) is 12.5. The van der Waals surface area contributed by atoms with Gasteiger partial charge in [-0.25, -0.2) is 4.90 Å². The van der Waals surface area contributed by atoms with Gasteiger partial charge < -0.3 is 14.6 Å². The number of benzene rings is 2. The van der Waals surface area contributed by atoms with Crippen molar-refractivity contribution in [2.24, 2.45) is 0 Å². The molecule has 0 saturated carbocycles. The van der Waals surface area contributed by atoms with Crippen molar-refractivity contribution in [2.45, 2.75) is 0 Å². The molecule has 1 heterocycles. The Morgan fingerprint density at radius 2 is 1.96 bits per heavy atom. The Morgan fingerprint density at radius 3 is 2.58 bits per heavy atom. The molecule has 0 aliphatic carbocycles. The minimum atomic E-state index is -0.380. The van der Waals surface area contributed by atoms with Gasteiger partial charge in [0.1, 0.15) is 11.5 Å². The molecule has 2 aromatic carbocycles. The van der Waals surface area contributed by atoms with Gasteiger partial charge in [0.25, 0.3) is 5.17 Å². The Hall–Kier alpha value is -2.57. The first-order chi connectivity index (χ1) is 11.5. The Morgan fingerprint density at radius 1 is 1.25 bits per heavy atom. The van der Waals surface area contributed by atoms with Crippen LogP contribution in [0.5, 0.6) is 11.5 Å². The largest absolute Gasteiger partial charge is 0.506 e. The molecule has 0 unspecified atom stereocenters. The van der Waals surface area contributed by atoms with Crippen molar-refractivity contribution in [1.29, 1.82) is 0 Å².